The Hall–Kier alpha value is -4.00. The fourth-order valence-electron chi connectivity index (χ4n) is 4.58. The molecule has 12 nitrogen and oxygen atoms in total. The van der Waals surface area contributed by atoms with E-state index in [2.05, 4.69) is 30.2 Å². The second kappa shape index (κ2) is 9.33. The van der Waals surface area contributed by atoms with E-state index >= 15 is 0 Å². The first-order valence-corrected chi connectivity index (χ1v) is 14.5. The molecule has 0 bridgehead atoms. The van der Waals surface area contributed by atoms with E-state index in [1.165, 1.54) is 18.6 Å². The highest BCUT2D eigenvalue weighted by atomic mass is 32.2. The van der Waals surface area contributed by atoms with Gasteiger partial charge in [-0.15, -0.1) is 0 Å². The number of ether oxygens (including phenoxy) is 1. The zero-order chi connectivity index (χ0) is 27.4. The van der Waals surface area contributed by atoms with Gasteiger partial charge in [0.05, 0.1) is 41.9 Å². The molecule has 6 rings (SSSR count). The molecule has 1 N–H and O–H groups in total. The number of hydrogen-bond acceptors (Lipinski definition) is 11. The van der Waals surface area contributed by atoms with Gasteiger partial charge in [0.15, 0.2) is 27.1 Å². The number of sulfone groups is 1. The summed E-state index contributed by atoms with van der Waals surface area (Å²) in [6.45, 7) is 3.80. The number of aromatic nitrogens is 7. The van der Waals surface area contributed by atoms with Crippen LogP contribution in [0.1, 0.15) is 56.8 Å². The van der Waals surface area contributed by atoms with E-state index in [1.807, 2.05) is 6.92 Å². The van der Waals surface area contributed by atoms with Crippen molar-refractivity contribution in [1.82, 2.24) is 34.5 Å². The minimum Gasteiger partial charge on any atom is -0.480 e. The minimum atomic E-state index is -3.34. The van der Waals surface area contributed by atoms with Gasteiger partial charge in [-0.05, 0) is 44.7 Å². The Balaban J connectivity index is 1.39. The van der Waals surface area contributed by atoms with E-state index in [-0.39, 0.29) is 34.1 Å². The zero-order valence-electron chi connectivity index (χ0n) is 21.9. The van der Waals surface area contributed by atoms with E-state index in [0.29, 0.717) is 40.0 Å². The molecule has 0 aromatic carbocycles. The first kappa shape index (κ1) is 25.3. The van der Waals surface area contributed by atoms with Gasteiger partial charge in [0, 0.05) is 17.7 Å². The van der Waals surface area contributed by atoms with Crippen LogP contribution in [0, 0.1) is 0 Å². The molecule has 4 aromatic heterocycles. The van der Waals surface area contributed by atoms with Gasteiger partial charge in [-0.25, -0.2) is 33.3 Å². The lowest BCUT2D eigenvalue weighted by Crippen LogP contribution is -2.32. The Labute approximate surface area is 224 Å². The van der Waals surface area contributed by atoms with Crippen LogP contribution in [0.5, 0.6) is 5.88 Å². The molecule has 2 aliphatic carbocycles. The van der Waals surface area contributed by atoms with Gasteiger partial charge < -0.3 is 10.1 Å². The van der Waals surface area contributed by atoms with Crippen molar-refractivity contribution in [3.63, 3.8) is 0 Å². The molecule has 4 aromatic rings. The molecule has 0 aliphatic heterocycles. The average molecular weight is 549 g/mol. The van der Waals surface area contributed by atoms with E-state index in [4.69, 9.17) is 9.72 Å². The predicted molar refractivity (Wildman–Crippen MR) is 143 cm³/mol. The van der Waals surface area contributed by atoms with Crippen LogP contribution in [0.25, 0.3) is 22.6 Å². The van der Waals surface area contributed by atoms with E-state index < -0.39 is 9.84 Å². The molecule has 4 heterocycles. The predicted octanol–water partition coefficient (Wildman–Crippen LogP) is 2.84. The van der Waals surface area contributed by atoms with Crippen LogP contribution in [-0.4, -0.2) is 55.8 Å². The van der Waals surface area contributed by atoms with Crippen LogP contribution < -0.4 is 15.6 Å². The van der Waals surface area contributed by atoms with Crippen LogP contribution in [0.2, 0.25) is 0 Å². The molecule has 0 radical (unpaired) electrons. The number of fused-ring (bicyclic) bond motifs is 1. The first-order valence-electron chi connectivity index (χ1n) is 12.8. The van der Waals surface area contributed by atoms with Crippen molar-refractivity contribution in [3.05, 3.63) is 52.6 Å². The lowest BCUT2D eigenvalue weighted by molar-refractivity contribution is 0.397. The summed E-state index contributed by atoms with van der Waals surface area (Å²) in [5, 5.41) is 3.08. The summed E-state index contributed by atoms with van der Waals surface area (Å²) in [4.78, 5) is 40.8. The quantitative estimate of drug-likeness (QED) is 0.328. The van der Waals surface area contributed by atoms with Crippen molar-refractivity contribution < 1.29 is 13.2 Å². The normalized spacial score (nSPS) is 16.3. The van der Waals surface area contributed by atoms with Crippen molar-refractivity contribution in [3.8, 4) is 17.3 Å². The number of methoxy groups -OCH3 is 1. The maximum atomic E-state index is 13.7. The Bertz CT molecular complexity index is 1750. The zero-order valence-corrected chi connectivity index (χ0v) is 22.7. The molecule has 202 valence electrons. The topological polar surface area (TPSA) is 155 Å². The minimum absolute atomic E-state index is 0.00134. The number of pyridine rings is 1. The SMILES string of the molecule is CCS(=O)(=O)c1ccc(CNc2nc3cnc(-c4c(OC)ncnc4C4CC4)nc3n(C3(C)CC3)c2=O)nc1. The van der Waals surface area contributed by atoms with Gasteiger partial charge in [0.2, 0.25) is 5.88 Å². The van der Waals surface area contributed by atoms with Crippen molar-refractivity contribution in [2.24, 2.45) is 0 Å². The maximum Gasteiger partial charge on any atom is 0.295 e. The molecular weight excluding hydrogens is 520 g/mol. The summed E-state index contributed by atoms with van der Waals surface area (Å²) >= 11 is 0. The molecule has 2 fully saturated rings. The van der Waals surface area contributed by atoms with Crippen LogP contribution in [0.15, 0.2) is 40.5 Å². The van der Waals surface area contributed by atoms with Gasteiger partial charge in [0.25, 0.3) is 5.56 Å². The Morgan fingerprint density at radius 3 is 2.54 bits per heavy atom. The summed E-state index contributed by atoms with van der Waals surface area (Å²) in [5.41, 5.74) is 2.30. The summed E-state index contributed by atoms with van der Waals surface area (Å²) in [7, 11) is -1.79. The fourth-order valence-corrected chi connectivity index (χ4v) is 5.40. The maximum absolute atomic E-state index is 13.7. The first-order chi connectivity index (χ1) is 18.7. The van der Waals surface area contributed by atoms with Crippen molar-refractivity contribution in [1.29, 1.82) is 0 Å². The number of hydrogen-bond donors (Lipinski definition) is 1. The molecule has 13 heteroatoms. The van der Waals surface area contributed by atoms with Gasteiger partial charge >= 0.3 is 0 Å². The smallest absolute Gasteiger partial charge is 0.295 e. The summed E-state index contributed by atoms with van der Waals surface area (Å²) in [6.07, 6.45) is 8.17. The highest BCUT2D eigenvalue weighted by Crippen LogP contribution is 2.46. The third-order valence-corrected chi connectivity index (χ3v) is 9.03. The molecule has 0 unspecified atom stereocenters. The molecule has 0 spiro atoms. The van der Waals surface area contributed by atoms with Crippen molar-refractivity contribution >= 4 is 26.8 Å². The second-order valence-corrected chi connectivity index (χ2v) is 12.4. The lowest BCUT2D eigenvalue weighted by Gasteiger charge is -2.18. The molecule has 0 amide bonds. The van der Waals surface area contributed by atoms with E-state index in [9.17, 15) is 13.2 Å². The Morgan fingerprint density at radius 1 is 1.10 bits per heavy atom. The lowest BCUT2D eigenvalue weighted by atomic mass is 10.1. The third kappa shape index (κ3) is 4.60. The van der Waals surface area contributed by atoms with Crippen LogP contribution in [-0.2, 0) is 21.9 Å². The summed E-state index contributed by atoms with van der Waals surface area (Å²) < 4.78 is 31.4. The molecule has 39 heavy (non-hydrogen) atoms. The van der Waals surface area contributed by atoms with Gasteiger partial charge in [-0.3, -0.25) is 14.3 Å². The van der Waals surface area contributed by atoms with Gasteiger partial charge in [-0.2, -0.15) is 0 Å². The van der Waals surface area contributed by atoms with Gasteiger partial charge in [0.1, 0.15) is 17.4 Å². The second-order valence-electron chi connectivity index (χ2n) is 10.2. The third-order valence-electron chi connectivity index (χ3n) is 7.31. The number of anilines is 1. The standard InChI is InChI=1S/C26H28N8O4S/c1-4-39(36,37)17-8-7-16(27-12-17)11-28-22-25(35)34(26(2)9-10-26)23-18(32-22)13-29-21(33-23)19-20(15-5-6-15)30-14-31-24(19)38-3/h7-8,12-15H,4-6,9-11H2,1-3H3,(H,28,32). The van der Waals surface area contributed by atoms with Crippen LogP contribution in [0.3, 0.4) is 0 Å². The number of nitrogens with one attached hydrogen (secondary N) is 1. The largest absolute Gasteiger partial charge is 0.480 e. The van der Waals surface area contributed by atoms with Gasteiger partial charge in [-0.1, -0.05) is 6.92 Å². The monoisotopic (exact) mass is 548 g/mol. The number of nitrogens with zero attached hydrogens (tertiary/aromatic N) is 7. The summed E-state index contributed by atoms with van der Waals surface area (Å²) in [5.74, 6) is 1.26. The molecule has 2 saturated carbocycles. The van der Waals surface area contributed by atoms with E-state index in [1.54, 1.807) is 30.9 Å². The van der Waals surface area contributed by atoms with Crippen molar-refractivity contribution in [2.45, 2.75) is 62.4 Å². The van der Waals surface area contributed by atoms with Crippen molar-refractivity contribution in [2.75, 3.05) is 18.2 Å². The fraction of sp³-hybridized carbons (Fsp3) is 0.423. The molecular formula is C26H28N8O4S. The Morgan fingerprint density at radius 2 is 1.90 bits per heavy atom. The average Bonchev–Trinajstić information content (AvgIpc) is 3.89. The summed E-state index contributed by atoms with van der Waals surface area (Å²) in [6, 6.07) is 3.15. The highest BCUT2D eigenvalue weighted by molar-refractivity contribution is 7.91. The van der Waals surface area contributed by atoms with E-state index in [0.717, 1.165) is 31.4 Å². The van der Waals surface area contributed by atoms with Crippen LogP contribution in [0.4, 0.5) is 5.82 Å². The molecule has 2 aliphatic rings. The molecule has 0 saturated heterocycles. The number of rotatable bonds is 9. The highest BCUT2D eigenvalue weighted by Gasteiger charge is 2.42. The molecule has 0 atom stereocenters. The van der Waals surface area contributed by atoms with Crippen LogP contribution >= 0.6 is 0 Å². The Kier molecular flexibility index (Phi) is 6.05.